The molecule has 0 radical (unpaired) electrons. The quantitative estimate of drug-likeness (QED) is 0.527. The first-order valence-electron chi connectivity index (χ1n) is 6.27. The minimum absolute atomic E-state index is 0.0329. The van der Waals surface area contributed by atoms with E-state index in [1.54, 1.807) is 0 Å². The Balaban J connectivity index is 2.04. The average molecular weight is 226 g/mol. The van der Waals surface area contributed by atoms with Crippen molar-refractivity contribution in [3.8, 4) is 0 Å². The second-order valence-electron chi connectivity index (χ2n) is 5.24. The molecule has 2 aliphatic rings. The molecule has 2 fully saturated rings. The van der Waals surface area contributed by atoms with E-state index in [1.165, 1.54) is 31.3 Å². The van der Waals surface area contributed by atoms with Gasteiger partial charge in [0.15, 0.2) is 0 Å². The molecule has 1 unspecified atom stereocenters. The van der Waals surface area contributed by atoms with E-state index in [1.807, 2.05) is 0 Å². The number of amidine groups is 1. The maximum absolute atomic E-state index is 4.79. The van der Waals surface area contributed by atoms with Crippen LogP contribution in [0.1, 0.15) is 53.4 Å². The minimum atomic E-state index is 0.0329. The first-order chi connectivity index (χ1) is 7.11. The second kappa shape index (κ2) is 4.41. The van der Waals surface area contributed by atoms with Gasteiger partial charge < -0.3 is 4.67 Å². The van der Waals surface area contributed by atoms with E-state index >= 15 is 0 Å². The summed E-state index contributed by atoms with van der Waals surface area (Å²) in [4.78, 5) is 4.79. The summed E-state index contributed by atoms with van der Waals surface area (Å²) < 4.78 is 2.59. The maximum Gasteiger partial charge on any atom is 0.148 e. The zero-order chi connectivity index (χ0) is 11.0. The normalized spacial score (nSPS) is 29.9. The van der Waals surface area contributed by atoms with Gasteiger partial charge in [-0.15, -0.1) is 0 Å². The van der Waals surface area contributed by atoms with E-state index in [9.17, 15) is 0 Å². The van der Waals surface area contributed by atoms with Crippen LogP contribution in [0.5, 0.6) is 0 Å². The molecule has 2 nitrogen and oxygen atoms in total. The highest BCUT2D eigenvalue weighted by molar-refractivity contribution is 7.84. The Morgan fingerprint density at radius 2 is 1.80 bits per heavy atom. The van der Waals surface area contributed by atoms with Gasteiger partial charge in [-0.05, 0) is 40.5 Å². The number of rotatable bonds is 3. The smallest absolute Gasteiger partial charge is 0.148 e. The maximum atomic E-state index is 4.79. The van der Waals surface area contributed by atoms with Crippen LogP contribution >= 0.6 is 8.07 Å². The van der Waals surface area contributed by atoms with Gasteiger partial charge in [0.25, 0.3) is 0 Å². The molecule has 1 heterocycles. The van der Waals surface area contributed by atoms with Gasteiger partial charge in [-0.2, -0.15) is 0 Å². The highest BCUT2D eigenvalue weighted by Gasteiger charge is 2.50. The molecule has 15 heavy (non-hydrogen) atoms. The number of hydrogen-bond acceptors (Lipinski definition) is 1. The number of nitrogens with zero attached hydrogens (tertiary/aromatic N) is 2. The molecular formula is C12H23N2P. The Hall–Kier alpha value is -0.100. The molecule has 1 aliphatic heterocycles. The van der Waals surface area contributed by atoms with Crippen molar-refractivity contribution in [3.63, 3.8) is 0 Å². The van der Waals surface area contributed by atoms with Crippen molar-refractivity contribution in [3.05, 3.63) is 0 Å². The number of hydrogen-bond donors (Lipinski definition) is 0. The lowest BCUT2D eigenvalue weighted by molar-refractivity contribution is 0.577. The van der Waals surface area contributed by atoms with Crippen LogP contribution in [-0.2, 0) is 0 Å². The molecule has 0 aromatic heterocycles. The lowest BCUT2D eigenvalue weighted by Gasteiger charge is -2.10. The van der Waals surface area contributed by atoms with E-state index in [-0.39, 0.29) is 8.07 Å². The van der Waals surface area contributed by atoms with Crippen molar-refractivity contribution in [2.24, 2.45) is 4.99 Å². The highest BCUT2D eigenvalue weighted by atomic mass is 31.1. The van der Waals surface area contributed by atoms with E-state index in [2.05, 4.69) is 32.4 Å². The van der Waals surface area contributed by atoms with Crippen molar-refractivity contribution < 1.29 is 0 Å². The summed E-state index contributed by atoms with van der Waals surface area (Å²) in [6.07, 6.45) is 5.80. The summed E-state index contributed by atoms with van der Waals surface area (Å²) in [6, 6.07) is 1.13. The predicted octanol–water partition coefficient (Wildman–Crippen LogP) is 3.81. The van der Waals surface area contributed by atoms with Crippen molar-refractivity contribution in [2.75, 3.05) is 0 Å². The highest BCUT2D eigenvalue weighted by Crippen LogP contribution is 2.67. The van der Waals surface area contributed by atoms with Crippen LogP contribution in [0.2, 0.25) is 0 Å². The molecule has 0 spiro atoms. The molecule has 0 N–H and O–H groups in total. The molecule has 3 heteroatoms. The van der Waals surface area contributed by atoms with Gasteiger partial charge in [0.2, 0.25) is 0 Å². The van der Waals surface area contributed by atoms with Crippen LogP contribution < -0.4 is 0 Å². The minimum Gasteiger partial charge on any atom is -0.325 e. The average Bonchev–Trinajstić information content (AvgIpc) is 2.61. The molecule has 1 aliphatic carbocycles. The first-order valence-corrected chi connectivity index (χ1v) is 7.63. The van der Waals surface area contributed by atoms with Crippen molar-refractivity contribution in [1.29, 1.82) is 0 Å². The van der Waals surface area contributed by atoms with Crippen molar-refractivity contribution in [1.82, 2.24) is 4.67 Å². The Morgan fingerprint density at radius 3 is 2.27 bits per heavy atom. The Labute approximate surface area is 95.0 Å². The Kier molecular flexibility index (Phi) is 3.35. The van der Waals surface area contributed by atoms with E-state index < -0.39 is 0 Å². The van der Waals surface area contributed by atoms with Crippen LogP contribution in [-0.4, -0.2) is 28.0 Å². The van der Waals surface area contributed by atoms with Gasteiger partial charge in [-0.1, -0.05) is 12.8 Å². The SMILES string of the molecule is CC(C)N=C1N(C(C)C)P1C1CCCC1. The van der Waals surface area contributed by atoms with Crippen molar-refractivity contribution in [2.45, 2.75) is 71.1 Å². The van der Waals surface area contributed by atoms with Gasteiger partial charge in [0, 0.05) is 17.7 Å². The molecule has 1 atom stereocenters. The molecule has 0 aromatic carbocycles. The fraction of sp³-hybridized carbons (Fsp3) is 0.917. The summed E-state index contributed by atoms with van der Waals surface area (Å²) in [5, 5.41) is 0. The third-order valence-corrected chi connectivity index (χ3v) is 6.01. The molecular weight excluding hydrogens is 203 g/mol. The molecule has 86 valence electrons. The predicted molar refractivity (Wildman–Crippen MR) is 68.7 cm³/mol. The third kappa shape index (κ3) is 2.36. The molecule has 2 rings (SSSR count). The Bertz CT molecular complexity index is 254. The Morgan fingerprint density at radius 1 is 1.20 bits per heavy atom. The van der Waals surface area contributed by atoms with Crippen LogP contribution in [0.15, 0.2) is 4.99 Å². The molecule has 0 amide bonds. The molecule has 0 bridgehead atoms. The van der Waals surface area contributed by atoms with Crippen molar-refractivity contribution >= 4 is 13.6 Å². The zero-order valence-corrected chi connectivity index (χ0v) is 11.3. The van der Waals surface area contributed by atoms with Gasteiger partial charge in [0.1, 0.15) is 5.58 Å². The monoisotopic (exact) mass is 226 g/mol. The summed E-state index contributed by atoms with van der Waals surface area (Å²) in [7, 11) is 0.0329. The van der Waals surface area contributed by atoms with Gasteiger partial charge >= 0.3 is 0 Å². The zero-order valence-electron chi connectivity index (χ0n) is 10.4. The van der Waals surface area contributed by atoms with Gasteiger partial charge in [0.05, 0.1) is 8.07 Å². The molecule has 1 saturated heterocycles. The molecule has 0 aromatic rings. The first kappa shape index (κ1) is 11.4. The largest absolute Gasteiger partial charge is 0.325 e. The fourth-order valence-corrected chi connectivity index (χ4v) is 5.61. The van der Waals surface area contributed by atoms with E-state index in [0.717, 1.165) is 5.66 Å². The number of aliphatic imine (C=N–C) groups is 1. The lowest BCUT2D eigenvalue weighted by atomic mass is 10.4. The van der Waals surface area contributed by atoms with Gasteiger partial charge in [-0.3, -0.25) is 4.99 Å². The van der Waals surface area contributed by atoms with Crippen LogP contribution in [0.25, 0.3) is 0 Å². The summed E-state index contributed by atoms with van der Waals surface area (Å²) in [6.45, 7) is 8.97. The second-order valence-corrected chi connectivity index (χ2v) is 7.49. The standard InChI is InChI=1S/C12H23N2P/c1-9(2)13-12-14(10(3)4)15(12)11-7-5-6-8-11/h9-11H,5-8H2,1-4H3. The summed E-state index contributed by atoms with van der Waals surface area (Å²) in [5.74, 6) is 0. The van der Waals surface area contributed by atoms with E-state index in [0.29, 0.717) is 12.1 Å². The van der Waals surface area contributed by atoms with E-state index in [4.69, 9.17) is 4.99 Å². The summed E-state index contributed by atoms with van der Waals surface area (Å²) in [5.41, 5.74) is 2.43. The fourth-order valence-electron chi connectivity index (χ4n) is 2.48. The van der Waals surface area contributed by atoms with Crippen LogP contribution in [0.4, 0.5) is 0 Å². The molecule has 1 saturated carbocycles. The van der Waals surface area contributed by atoms with Gasteiger partial charge in [-0.25, -0.2) is 0 Å². The van der Waals surface area contributed by atoms with Crippen LogP contribution in [0, 0.1) is 0 Å². The lowest BCUT2D eigenvalue weighted by Crippen LogP contribution is -2.10. The third-order valence-electron chi connectivity index (χ3n) is 3.14. The van der Waals surface area contributed by atoms with Crippen LogP contribution in [0.3, 0.4) is 0 Å². The summed E-state index contributed by atoms with van der Waals surface area (Å²) >= 11 is 0. The topological polar surface area (TPSA) is 15.4 Å².